The molecule has 0 spiro atoms. The highest BCUT2D eigenvalue weighted by atomic mass is 35.5. The smallest absolute Gasteiger partial charge is 0.326 e. The van der Waals surface area contributed by atoms with Crippen LogP contribution >= 0.6 is 11.6 Å². The van der Waals surface area contributed by atoms with E-state index in [1.165, 1.54) is 10.6 Å². The van der Waals surface area contributed by atoms with E-state index in [1.807, 2.05) is 20.8 Å². The van der Waals surface area contributed by atoms with Crippen LogP contribution in [0.15, 0.2) is 45.8 Å². The number of nitrogens with one attached hydrogen (secondary N) is 3. The minimum absolute atomic E-state index is 0.0229. The van der Waals surface area contributed by atoms with E-state index in [4.69, 9.17) is 16.1 Å². The topological polar surface area (TPSA) is 114 Å². The van der Waals surface area contributed by atoms with Crippen LogP contribution in [0.2, 0.25) is 5.02 Å². The van der Waals surface area contributed by atoms with Crippen molar-refractivity contribution in [2.45, 2.75) is 26.2 Å². The molecule has 3 N–H and O–H groups in total. The molecule has 0 saturated heterocycles. The van der Waals surface area contributed by atoms with Gasteiger partial charge in [0, 0.05) is 54.4 Å². The lowest BCUT2D eigenvalue weighted by molar-refractivity contribution is 0.261. The zero-order chi connectivity index (χ0) is 25.5. The number of aromatic nitrogens is 3. The molecule has 182 valence electrons. The van der Waals surface area contributed by atoms with Crippen LogP contribution in [-0.4, -0.2) is 27.8 Å². The molecule has 0 aliphatic heterocycles. The number of nitrogens with zero attached hydrogens (tertiary/aromatic N) is 3. The molecule has 3 aromatic heterocycles. The first-order valence-electron chi connectivity index (χ1n) is 10.7. The SMILES string of the molecule is CNc1cc2c(cn1)cc(-c1cc(NC(=O)Nc3cc(C(C)(C)C)no3)c(F)cc1Cl)c(=O)n2C. The molecule has 0 atom stereocenters. The second kappa shape index (κ2) is 9.03. The third-order valence-electron chi connectivity index (χ3n) is 5.47. The lowest BCUT2D eigenvalue weighted by Gasteiger charge is -2.13. The van der Waals surface area contributed by atoms with Gasteiger partial charge in [0.05, 0.1) is 21.9 Å². The normalized spacial score (nSPS) is 11.5. The summed E-state index contributed by atoms with van der Waals surface area (Å²) >= 11 is 6.31. The molecule has 0 saturated carbocycles. The van der Waals surface area contributed by atoms with Gasteiger partial charge in [-0.15, -0.1) is 0 Å². The number of hydrogen-bond donors (Lipinski definition) is 3. The van der Waals surface area contributed by atoms with Crippen molar-refractivity contribution < 1.29 is 13.7 Å². The molecular formula is C24H24ClFN6O3. The molecule has 2 amide bonds. The Balaban J connectivity index is 1.67. The zero-order valence-corrected chi connectivity index (χ0v) is 20.5. The number of amides is 2. The number of carbonyl (C=O) groups is 1. The molecule has 0 unspecified atom stereocenters. The largest absolute Gasteiger partial charge is 0.373 e. The van der Waals surface area contributed by atoms with Gasteiger partial charge in [-0.1, -0.05) is 37.5 Å². The Morgan fingerprint density at radius 2 is 1.86 bits per heavy atom. The first-order chi connectivity index (χ1) is 16.5. The predicted octanol–water partition coefficient (Wildman–Crippen LogP) is 5.36. The standard InChI is InChI=1S/C24H24ClFN6O3/c1-24(2,3)19-10-21(35-31-19)30-23(34)29-17-7-13(15(25)8-16(17)26)14-6-12-11-28-20(27-4)9-18(12)32(5)22(14)33/h6-11H,1-5H3,(H,27,28)(H2,29,30,34). The van der Waals surface area contributed by atoms with Gasteiger partial charge in [0.1, 0.15) is 11.6 Å². The zero-order valence-electron chi connectivity index (χ0n) is 19.8. The number of rotatable bonds is 4. The van der Waals surface area contributed by atoms with Crippen molar-refractivity contribution in [3.63, 3.8) is 0 Å². The number of aryl methyl sites for hydroxylation is 1. The van der Waals surface area contributed by atoms with Crippen LogP contribution in [0.4, 0.5) is 26.6 Å². The van der Waals surface area contributed by atoms with Crippen molar-refractivity contribution in [2.75, 3.05) is 23.0 Å². The summed E-state index contributed by atoms with van der Waals surface area (Å²) in [7, 11) is 3.36. The summed E-state index contributed by atoms with van der Waals surface area (Å²) in [4.78, 5) is 29.9. The second-order valence-electron chi connectivity index (χ2n) is 9.02. The van der Waals surface area contributed by atoms with Gasteiger partial charge in [0.25, 0.3) is 5.56 Å². The van der Waals surface area contributed by atoms with Gasteiger partial charge in [-0.05, 0) is 18.2 Å². The Morgan fingerprint density at radius 1 is 1.11 bits per heavy atom. The highest BCUT2D eigenvalue weighted by molar-refractivity contribution is 6.33. The first-order valence-corrected chi connectivity index (χ1v) is 11.1. The van der Waals surface area contributed by atoms with E-state index in [0.29, 0.717) is 22.4 Å². The molecule has 0 radical (unpaired) electrons. The third kappa shape index (κ3) is 4.83. The molecule has 9 nitrogen and oxygen atoms in total. The molecule has 11 heteroatoms. The van der Waals surface area contributed by atoms with Crippen LogP contribution in [0.5, 0.6) is 0 Å². The number of pyridine rings is 2. The number of carbonyl (C=O) groups excluding carboxylic acids is 1. The number of halogens is 2. The summed E-state index contributed by atoms with van der Waals surface area (Å²) in [5, 5.41) is 12.5. The van der Waals surface area contributed by atoms with Gasteiger partial charge in [-0.2, -0.15) is 0 Å². The van der Waals surface area contributed by atoms with Gasteiger partial charge in [0.15, 0.2) is 0 Å². The van der Waals surface area contributed by atoms with E-state index in [2.05, 4.69) is 26.1 Å². The third-order valence-corrected chi connectivity index (χ3v) is 5.79. The lowest BCUT2D eigenvalue weighted by Crippen LogP contribution is -2.21. The fourth-order valence-corrected chi connectivity index (χ4v) is 3.75. The first kappa shape index (κ1) is 24.2. The van der Waals surface area contributed by atoms with Crippen LogP contribution < -0.4 is 21.5 Å². The monoisotopic (exact) mass is 498 g/mol. The number of hydrogen-bond acceptors (Lipinski definition) is 6. The van der Waals surface area contributed by atoms with Crippen molar-refractivity contribution >= 4 is 45.9 Å². The Bertz CT molecular complexity index is 1510. The van der Waals surface area contributed by atoms with Crippen molar-refractivity contribution in [1.82, 2.24) is 14.7 Å². The minimum atomic E-state index is -0.764. The fraction of sp³-hybridized carbons (Fsp3) is 0.250. The summed E-state index contributed by atoms with van der Waals surface area (Å²) in [6, 6.07) is 6.59. The average molecular weight is 499 g/mol. The fourth-order valence-electron chi connectivity index (χ4n) is 3.50. The molecule has 0 bridgehead atoms. The van der Waals surface area contributed by atoms with Crippen molar-refractivity contribution in [1.29, 1.82) is 0 Å². The average Bonchev–Trinajstić information content (AvgIpc) is 3.27. The Labute approximate surface area is 205 Å². The molecular weight excluding hydrogens is 475 g/mol. The molecule has 0 fully saturated rings. The molecule has 0 aliphatic carbocycles. The summed E-state index contributed by atoms with van der Waals surface area (Å²) in [6.07, 6.45) is 1.62. The van der Waals surface area contributed by atoms with Gasteiger partial charge in [-0.25, -0.2) is 14.2 Å². The highest BCUT2D eigenvalue weighted by Gasteiger charge is 2.21. The van der Waals surface area contributed by atoms with Crippen molar-refractivity contribution in [3.8, 4) is 11.1 Å². The van der Waals surface area contributed by atoms with Crippen LogP contribution in [0.1, 0.15) is 26.5 Å². The van der Waals surface area contributed by atoms with Gasteiger partial charge in [-0.3, -0.25) is 10.1 Å². The molecule has 3 heterocycles. The summed E-state index contributed by atoms with van der Waals surface area (Å²) in [6.45, 7) is 5.85. The van der Waals surface area contributed by atoms with Gasteiger partial charge in [0.2, 0.25) is 5.88 Å². The summed E-state index contributed by atoms with van der Waals surface area (Å²) in [5.74, 6) is -0.0439. The van der Waals surface area contributed by atoms with Crippen LogP contribution in [0, 0.1) is 5.82 Å². The van der Waals surface area contributed by atoms with Crippen molar-refractivity contribution in [2.24, 2.45) is 7.05 Å². The number of urea groups is 1. The Kier molecular flexibility index (Phi) is 6.25. The minimum Gasteiger partial charge on any atom is -0.373 e. The van der Waals surface area contributed by atoms with Crippen LogP contribution in [0.3, 0.4) is 0 Å². The van der Waals surface area contributed by atoms with Crippen LogP contribution in [-0.2, 0) is 12.5 Å². The van der Waals surface area contributed by atoms with Crippen LogP contribution in [0.25, 0.3) is 22.0 Å². The maximum Gasteiger partial charge on any atom is 0.326 e. The second-order valence-corrected chi connectivity index (χ2v) is 9.43. The van der Waals surface area contributed by atoms with E-state index in [-0.39, 0.29) is 38.7 Å². The van der Waals surface area contributed by atoms with Gasteiger partial charge < -0.3 is 19.7 Å². The van der Waals surface area contributed by atoms with E-state index in [0.717, 1.165) is 6.07 Å². The molecule has 0 aliphatic rings. The van der Waals surface area contributed by atoms with E-state index in [9.17, 15) is 14.0 Å². The van der Waals surface area contributed by atoms with Crippen molar-refractivity contribution in [3.05, 3.63) is 63.4 Å². The highest BCUT2D eigenvalue weighted by Crippen LogP contribution is 2.33. The molecule has 4 rings (SSSR count). The maximum atomic E-state index is 14.7. The number of fused-ring (bicyclic) bond motifs is 1. The molecule has 1 aromatic carbocycles. The van der Waals surface area contributed by atoms with E-state index >= 15 is 0 Å². The Morgan fingerprint density at radius 3 is 2.51 bits per heavy atom. The van der Waals surface area contributed by atoms with Gasteiger partial charge >= 0.3 is 6.03 Å². The Hall–Kier alpha value is -3.92. The number of anilines is 3. The molecule has 35 heavy (non-hydrogen) atoms. The van der Waals surface area contributed by atoms with E-state index < -0.39 is 11.8 Å². The lowest BCUT2D eigenvalue weighted by atomic mass is 9.92. The molecule has 4 aromatic rings. The quantitative estimate of drug-likeness (QED) is 0.349. The van der Waals surface area contributed by atoms with E-state index in [1.54, 1.807) is 38.5 Å². The summed E-state index contributed by atoms with van der Waals surface area (Å²) in [5.41, 5.74) is 1.03. The predicted molar refractivity (Wildman–Crippen MR) is 135 cm³/mol. The summed E-state index contributed by atoms with van der Waals surface area (Å²) < 4.78 is 21.3. The maximum absolute atomic E-state index is 14.7. The number of benzene rings is 1.